The van der Waals surface area contributed by atoms with Crippen molar-refractivity contribution in [2.24, 2.45) is 5.92 Å². The van der Waals surface area contributed by atoms with Crippen LogP contribution in [-0.2, 0) is 11.2 Å². The summed E-state index contributed by atoms with van der Waals surface area (Å²) in [7, 11) is 0. The summed E-state index contributed by atoms with van der Waals surface area (Å²) in [5.41, 5.74) is 1.13. The molecule has 6 heteroatoms. The van der Waals surface area contributed by atoms with Crippen LogP contribution in [0.25, 0.3) is 0 Å². The van der Waals surface area contributed by atoms with Gasteiger partial charge in [0, 0.05) is 17.8 Å². The molecular weight excluding hydrogens is 268 g/mol. The van der Waals surface area contributed by atoms with Gasteiger partial charge in [0.15, 0.2) is 0 Å². The van der Waals surface area contributed by atoms with Gasteiger partial charge in [-0.2, -0.15) is 0 Å². The number of hydrogen-bond donors (Lipinski definition) is 2. The molecule has 0 aliphatic rings. The summed E-state index contributed by atoms with van der Waals surface area (Å²) in [4.78, 5) is 26.8. The molecule has 0 aliphatic carbocycles. The van der Waals surface area contributed by atoms with E-state index in [4.69, 9.17) is 16.7 Å². The zero-order chi connectivity index (χ0) is 14.4. The summed E-state index contributed by atoms with van der Waals surface area (Å²) in [5, 5.41) is 11.8. The van der Waals surface area contributed by atoms with E-state index in [-0.39, 0.29) is 17.6 Å². The van der Waals surface area contributed by atoms with E-state index in [9.17, 15) is 9.59 Å². The van der Waals surface area contributed by atoms with E-state index in [0.29, 0.717) is 18.4 Å². The van der Waals surface area contributed by atoms with E-state index in [2.05, 4.69) is 10.3 Å². The average molecular weight is 285 g/mol. The first-order valence-corrected chi connectivity index (χ1v) is 6.53. The SMILES string of the molecule is CCc1cc(C(=O)NCC(CC)C(=O)O)cc(Cl)n1. The van der Waals surface area contributed by atoms with Crippen LogP contribution in [0.4, 0.5) is 0 Å². The normalized spacial score (nSPS) is 11.9. The van der Waals surface area contributed by atoms with Crippen molar-refractivity contribution in [1.82, 2.24) is 10.3 Å². The maximum atomic E-state index is 11.9. The molecule has 1 rings (SSSR count). The number of amides is 1. The number of aliphatic carboxylic acids is 1. The second kappa shape index (κ2) is 7.09. The van der Waals surface area contributed by atoms with Crippen molar-refractivity contribution in [3.63, 3.8) is 0 Å². The first-order chi connectivity index (χ1) is 8.97. The topological polar surface area (TPSA) is 79.3 Å². The molecule has 0 spiro atoms. The number of nitrogens with zero attached hydrogens (tertiary/aromatic N) is 1. The molecule has 2 N–H and O–H groups in total. The lowest BCUT2D eigenvalue weighted by molar-refractivity contribution is -0.141. The van der Waals surface area contributed by atoms with Crippen LogP contribution in [0, 0.1) is 5.92 Å². The van der Waals surface area contributed by atoms with Crippen molar-refractivity contribution in [2.45, 2.75) is 26.7 Å². The highest BCUT2D eigenvalue weighted by atomic mass is 35.5. The number of carboxylic acids is 1. The third kappa shape index (κ3) is 4.52. The predicted molar refractivity (Wildman–Crippen MR) is 72.4 cm³/mol. The van der Waals surface area contributed by atoms with E-state index in [0.717, 1.165) is 5.69 Å². The molecule has 0 saturated carbocycles. The van der Waals surface area contributed by atoms with Crippen molar-refractivity contribution < 1.29 is 14.7 Å². The van der Waals surface area contributed by atoms with Crippen molar-refractivity contribution in [3.05, 3.63) is 28.5 Å². The average Bonchev–Trinajstić information content (AvgIpc) is 2.37. The lowest BCUT2D eigenvalue weighted by atomic mass is 10.1. The minimum atomic E-state index is -0.912. The van der Waals surface area contributed by atoms with Gasteiger partial charge in [-0.15, -0.1) is 0 Å². The molecule has 19 heavy (non-hydrogen) atoms. The van der Waals surface area contributed by atoms with Gasteiger partial charge in [0.25, 0.3) is 5.91 Å². The van der Waals surface area contributed by atoms with Crippen LogP contribution in [0.15, 0.2) is 12.1 Å². The summed E-state index contributed by atoms with van der Waals surface area (Å²) in [6.45, 7) is 3.79. The molecule has 1 aromatic rings. The molecular formula is C13H17ClN2O3. The van der Waals surface area contributed by atoms with Crippen LogP contribution in [0.1, 0.15) is 36.3 Å². The highest BCUT2D eigenvalue weighted by molar-refractivity contribution is 6.29. The van der Waals surface area contributed by atoms with Gasteiger partial charge < -0.3 is 10.4 Å². The Labute approximate surface area is 117 Å². The molecule has 104 valence electrons. The molecule has 1 amide bonds. The second-order valence-corrected chi connectivity index (χ2v) is 4.56. The number of hydrogen-bond acceptors (Lipinski definition) is 3. The van der Waals surface area contributed by atoms with E-state index >= 15 is 0 Å². The summed E-state index contributed by atoms with van der Waals surface area (Å²) in [6, 6.07) is 3.13. The number of aromatic nitrogens is 1. The van der Waals surface area contributed by atoms with E-state index < -0.39 is 11.9 Å². The Morgan fingerprint density at radius 3 is 2.63 bits per heavy atom. The van der Waals surface area contributed by atoms with Gasteiger partial charge in [0.1, 0.15) is 5.15 Å². The maximum absolute atomic E-state index is 11.9. The number of carbonyl (C=O) groups excluding carboxylic acids is 1. The number of pyridine rings is 1. The first-order valence-electron chi connectivity index (χ1n) is 6.15. The molecule has 0 aromatic carbocycles. The number of halogens is 1. The van der Waals surface area contributed by atoms with Gasteiger partial charge in [-0.1, -0.05) is 25.4 Å². The molecule has 1 unspecified atom stereocenters. The van der Waals surface area contributed by atoms with Crippen LogP contribution >= 0.6 is 11.6 Å². The highest BCUT2D eigenvalue weighted by Gasteiger charge is 2.17. The molecule has 1 aromatic heterocycles. The Kier molecular flexibility index (Phi) is 5.76. The second-order valence-electron chi connectivity index (χ2n) is 4.18. The fourth-order valence-electron chi connectivity index (χ4n) is 1.59. The van der Waals surface area contributed by atoms with Gasteiger partial charge in [-0.05, 0) is 25.0 Å². The Hall–Kier alpha value is -1.62. The molecule has 0 fully saturated rings. The molecule has 1 heterocycles. The molecule has 0 radical (unpaired) electrons. The summed E-state index contributed by atoms with van der Waals surface area (Å²) in [5.74, 6) is -1.82. The lowest BCUT2D eigenvalue weighted by Gasteiger charge is -2.11. The third-order valence-electron chi connectivity index (χ3n) is 2.82. The molecule has 5 nitrogen and oxygen atoms in total. The van der Waals surface area contributed by atoms with Crippen LogP contribution in [0.2, 0.25) is 5.15 Å². The van der Waals surface area contributed by atoms with E-state index in [1.807, 2.05) is 6.92 Å². The van der Waals surface area contributed by atoms with Crippen molar-refractivity contribution in [3.8, 4) is 0 Å². The van der Waals surface area contributed by atoms with Gasteiger partial charge >= 0.3 is 5.97 Å². The number of carbonyl (C=O) groups is 2. The third-order valence-corrected chi connectivity index (χ3v) is 3.02. The minimum absolute atomic E-state index is 0.103. The Bertz CT molecular complexity index is 477. The van der Waals surface area contributed by atoms with Crippen molar-refractivity contribution >= 4 is 23.5 Å². The summed E-state index contributed by atoms with van der Waals surface area (Å²) >= 11 is 5.83. The minimum Gasteiger partial charge on any atom is -0.481 e. The van der Waals surface area contributed by atoms with Crippen LogP contribution < -0.4 is 5.32 Å². The van der Waals surface area contributed by atoms with Crippen molar-refractivity contribution in [2.75, 3.05) is 6.54 Å². The zero-order valence-electron chi connectivity index (χ0n) is 10.9. The van der Waals surface area contributed by atoms with Crippen molar-refractivity contribution in [1.29, 1.82) is 0 Å². The smallest absolute Gasteiger partial charge is 0.308 e. The lowest BCUT2D eigenvalue weighted by Crippen LogP contribution is -2.32. The van der Waals surface area contributed by atoms with Gasteiger partial charge in [-0.25, -0.2) is 4.98 Å². The largest absolute Gasteiger partial charge is 0.481 e. The maximum Gasteiger partial charge on any atom is 0.308 e. The fraction of sp³-hybridized carbons (Fsp3) is 0.462. The number of nitrogens with one attached hydrogen (secondary N) is 1. The number of aryl methyl sites for hydroxylation is 1. The molecule has 0 saturated heterocycles. The molecule has 0 bridgehead atoms. The monoisotopic (exact) mass is 284 g/mol. The Balaban J connectivity index is 2.73. The quantitative estimate of drug-likeness (QED) is 0.785. The Morgan fingerprint density at radius 2 is 2.11 bits per heavy atom. The van der Waals surface area contributed by atoms with Crippen LogP contribution in [0.5, 0.6) is 0 Å². The van der Waals surface area contributed by atoms with E-state index in [1.54, 1.807) is 13.0 Å². The summed E-state index contributed by atoms with van der Waals surface area (Å²) in [6.07, 6.45) is 1.14. The highest BCUT2D eigenvalue weighted by Crippen LogP contribution is 2.12. The van der Waals surface area contributed by atoms with Gasteiger partial charge in [0.2, 0.25) is 0 Å². The number of rotatable bonds is 6. The fourth-order valence-corrected chi connectivity index (χ4v) is 1.81. The summed E-state index contributed by atoms with van der Waals surface area (Å²) < 4.78 is 0. The van der Waals surface area contributed by atoms with E-state index in [1.165, 1.54) is 6.07 Å². The molecule has 0 aliphatic heterocycles. The van der Waals surface area contributed by atoms with Crippen LogP contribution in [-0.4, -0.2) is 28.5 Å². The molecule has 1 atom stereocenters. The van der Waals surface area contributed by atoms with Crippen LogP contribution in [0.3, 0.4) is 0 Å². The number of carboxylic acid groups (broad SMARTS) is 1. The Morgan fingerprint density at radius 1 is 1.42 bits per heavy atom. The van der Waals surface area contributed by atoms with Gasteiger partial charge in [-0.3, -0.25) is 9.59 Å². The van der Waals surface area contributed by atoms with Gasteiger partial charge in [0.05, 0.1) is 5.92 Å². The standard InChI is InChI=1S/C13H17ClN2O3/c1-3-8(13(18)19)7-15-12(17)9-5-10(4-2)16-11(14)6-9/h5-6,8H,3-4,7H2,1-2H3,(H,15,17)(H,18,19). The predicted octanol–water partition coefficient (Wildman–Crippen LogP) is 2.14. The first kappa shape index (κ1) is 15.4. The zero-order valence-corrected chi connectivity index (χ0v) is 11.7.